The molecule has 0 spiro atoms. The van der Waals surface area contributed by atoms with Crippen molar-refractivity contribution in [3.8, 4) is 0 Å². The number of hydrogen-bond donors (Lipinski definition) is 0. The van der Waals surface area contributed by atoms with E-state index in [0.717, 1.165) is 5.57 Å². The number of carbonyl (C=O) groups excluding carboxylic acids is 1. The van der Waals surface area contributed by atoms with E-state index in [2.05, 4.69) is 26.2 Å². The second-order valence-corrected chi connectivity index (χ2v) is 10.5. The zero-order valence-corrected chi connectivity index (χ0v) is 14.5. The molecule has 0 aliphatic heterocycles. The molecule has 0 amide bonds. The number of carbonyl (C=O) groups is 1. The van der Waals surface area contributed by atoms with Gasteiger partial charge < -0.3 is 13.9 Å². The van der Waals surface area contributed by atoms with Crippen LogP contribution in [0.3, 0.4) is 0 Å². The summed E-state index contributed by atoms with van der Waals surface area (Å²) in [6.45, 7) is 16.6. The fraction of sp³-hybridized carbons (Fsp3) is 0.667. The highest BCUT2D eigenvalue weighted by Crippen LogP contribution is 2.45. The Hall–Kier alpha value is -1.07. The average molecular weight is 298 g/mol. The van der Waals surface area contributed by atoms with Gasteiger partial charge in [0, 0.05) is 6.42 Å². The van der Waals surface area contributed by atoms with E-state index >= 15 is 0 Å². The van der Waals surface area contributed by atoms with Crippen molar-refractivity contribution >= 4 is 14.1 Å². The third-order valence-corrected chi connectivity index (χ3v) is 3.72. The van der Waals surface area contributed by atoms with Gasteiger partial charge in [0.2, 0.25) is 11.5 Å². The van der Waals surface area contributed by atoms with E-state index in [1.807, 2.05) is 20.8 Å². The lowest BCUT2D eigenvalue weighted by molar-refractivity contribution is -0.144. The SMILES string of the molecule is C=C(C)CC1(O[Si](C)(C)C)C(=O)C(OCC)=C1OCC. The van der Waals surface area contributed by atoms with Gasteiger partial charge in [0.15, 0.2) is 19.7 Å². The van der Waals surface area contributed by atoms with Crippen molar-refractivity contribution < 1.29 is 18.7 Å². The van der Waals surface area contributed by atoms with Crippen molar-refractivity contribution in [2.45, 2.75) is 52.4 Å². The lowest BCUT2D eigenvalue weighted by Gasteiger charge is -2.45. The van der Waals surface area contributed by atoms with E-state index in [4.69, 9.17) is 13.9 Å². The fourth-order valence-corrected chi connectivity index (χ4v) is 3.65. The molecule has 0 aromatic rings. The van der Waals surface area contributed by atoms with E-state index in [1.54, 1.807) is 0 Å². The van der Waals surface area contributed by atoms with Gasteiger partial charge in [-0.15, -0.1) is 6.58 Å². The van der Waals surface area contributed by atoms with Crippen LogP contribution in [-0.2, 0) is 18.7 Å². The first-order chi connectivity index (χ1) is 9.18. The molecule has 0 aromatic carbocycles. The van der Waals surface area contributed by atoms with Crippen molar-refractivity contribution in [3.05, 3.63) is 23.7 Å². The van der Waals surface area contributed by atoms with Gasteiger partial charge in [-0.3, -0.25) is 4.79 Å². The third kappa shape index (κ3) is 3.33. The second kappa shape index (κ2) is 6.14. The van der Waals surface area contributed by atoms with Gasteiger partial charge in [-0.1, -0.05) is 5.57 Å². The number of hydrogen-bond acceptors (Lipinski definition) is 4. The van der Waals surface area contributed by atoms with Crippen LogP contribution in [0, 0.1) is 0 Å². The van der Waals surface area contributed by atoms with Crippen LogP contribution in [0.2, 0.25) is 19.6 Å². The lowest BCUT2D eigenvalue weighted by atomic mass is 9.78. The molecule has 1 aliphatic rings. The zero-order chi connectivity index (χ0) is 15.6. The van der Waals surface area contributed by atoms with Crippen LogP contribution >= 0.6 is 0 Å². The molecular weight excluding hydrogens is 272 g/mol. The molecule has 20 heavy (non-hydrogen) atoms. The molecule has 1 atom stereocenters. The summed E-state index contributed by atoms with van der Waals surface area (Å²) in [5.41, 5.74) is -0.124. The Balaban J connectivity index is 3.22. The molecule has 0 fully saturated rings. The first-order valence-corrected chi connectivity index (χ1v) is 10.5. The zero-order valence-electron chi connectivity index (χ0n) is 13.5. The van der Waals surface area contributed by atoms with E-state index in [0.29, 0.717) is 31.2 Å². The summed E-state index contributed by atoms with van der Waals surface area (Å²) in [4.78, 5) is 12.6. The minimum atomic E-state index is -1.93. The maximum atomic E-state index is 12.6. The smallest absolute Gasteiger partial charge is 0.239 e. The lowest BCUT2D eigenvalue weighted by Crippen LogP contribution is -2.58. The molecule has 0 radical (unpaired) electrons. The number of ketones is 1. The van der Waals surface area contributed by atoms with Crippen LogP contribution < -0.4 is 0 Å². The van der Waals surface area contributed by atoms with Crippen molar-refractivity contribution in [2.24, 2.45) is 0 Å². The Labute approximate surface area is 122 Å². The molecule has 0 aromatic heterocycles. The highest BCUT2D eigenvalue weighted by Gasteiger charge is 2.59. The second-order valence-electron chi connectivity index (χ2n) is 6.03. The van der Waals surface area contributed by atoms with E-state index in [1.165, 1.54) is 0 Å². The minimum absolute atomic E-state index is 0.117. The Morgan fingerprint density at radius 1 is 1.20 bits per heavy atom. The molecule has 4 nitrogen and oxygen atoms in total. The van der Waals surface area contributed by atoms with Gasteiger partial charge in [0.05, 0.1) is 13.2 Å². The average Bonchev–Trinajstić information content (AvgIpc) is 2.30. The first-order valence-electron chi connectivity index (χ1n) is 7.07. The van der Waals surface area contributed by atoms with Crippen LogP contribution in [0.15, 0.2) is 23.7 Å². The van der Waals surface area contributed by atoms with Gasteiger partial charge in [0.1, 0.15) is 0 Å². The first kappa shape index (κ1) is 17.0. The normalized spacial score (nSPS) is 22.6. The van der Waals surface area contributed by atoms with Crippen LogP contribution in [0.5, 0.6) is 0 Å². The van der Waals surface area contributed by atoms with E-state index < -0.39 is 13.9 Å². The predicted octanol–water partition coefficient (Wildman–Crippen LogP) is 3.41. The Morgan fingerprint density at radius 3 is 2.15 bits per heavy atom. The standard InChI is InChI=1S/C15H26O4Si/c1-8-17-12-13(16)15(10-11(3)4,14(12)18-9-2)19-20(5,6)7/h3,8-10H2,1-2,4-7H3. The molecular formula is C15H26O4Si. The summed E-state index contributed by atoms with van der Waals surface area (Å²) in [6.07, 6.45) is 0.446. The summed E-state index contributed by atoms with van der Waals surface area (Å²) >= 11 is 0. The molecule has 1 aliphatic carbocycles. The molecule has 114 valence electrons. The Bertz CT molecular complexity index is 434. The fourth-order valence-electron chi connectivity index (χ4n) is 2.35. The Kier molecular flexibility index (Phi) is 5.21. The van der Waals surface area contributed by atoms with Crippen LogP contribution in [0.4, 0.5) is 0 Å². The number of ether oxygens (including phenoxy) is 2. The molecule has 1 unspecified atom stereocenters. The summed E-state index contributed by atoms with van der Waals surface area (Å²) < 4.78 is 17.3. The van der Waals surface area contributed by atoms with Gasteiger partial charge in [-0.2, -0.15) is 0 Å². The van der Waals surface area contributed by atoms with E-state index in [9.17, 15) is 4.79 Å². The van der Waals surface area contributed by atoms with Crippen LogP contribution in [0.25, 0.3) is 0 Å². The predicted molar refractivity (Wildman–Crippen MR) is 81.9 cm³/mol. The summed E-state index contributed by atoms with van der Waals surface area (Å²) in [5, 5.41) is 0. The molecule has 1 rings (SSSR count). The van der Waals surface area contributed by atoms with Gasteiger partial charge in [-0.05, 0) is 40.4 Å². The minimum Gasteiger partial charge on any atom is -0.491 e. The molecule has 0 bridgehead atoms. The van der Waals surface area contributed by atoms with Crippen molar-refractivity contribution in [3.63, 3.8) is 0 Å². The molecule has 0 heterocycles. The summed E-state index contributed by atoms with van der Waals surface area (Å²) in [6, 6.07) is 0. The van der Waals surface area contributed by atoms with Crippen LogP contribution in [0.1, 0.15) is 27.2 Å². The molecule has 0 N–H and O–H groups in total. The number of rotatable bonds is 8. The highest BCUT2D eigenvalue weighted by atomic mass is 28.4. The van der Waals surface area contributed by atoms with Crippen molar-refractivity contribution in [2.75, 3.05) is 13.2 Å². The van der Waals surface area contributed by atoms with Crippen LogP contribution in [-0.4, -0.2) is 32.9 Å². The Morgan fingerprint density at radius 2 is 1.75 bits per heavy atom. The van der Waals surface area contributed by atoms with Crippen molar-refractivity contribution in [1.82, 2.24) is 0 Å². The highest BCUT2D eigenvalue weighted by molar-refractivity contribution is 6.70. The van der Waals surface area contributed by atoms with Gasteiger partial charge in [-0.25, -0.2) is 0 Å². The number of Topliss-reactive ketones (excluding diaryl/α,β-unsaturated/α-hetero) is 1. The largest absolute Gasteiger partial charge is 0.491 e. The molecule has 0 saturated heterocycles. The third-order valence-electron chi connectivity index (χ3n) is 2.75. The van der Waals surface area contributed by atoms with E-state index in [-0.39, 0.29) is 5.78 Å². The maximum absolute atomic E-state index is 12.6. The summed E-state index contributed by atoms with van der Waals surface area (Å²) in [5.74, 6) is 0.736. The van der Waals surface area contributed by atoms with Crippen molar-refractivity contribution in [1.29, 1.82) is 0 Å². The van der Waals surface area contributed by atoms with Gasteiger partial charge in [0.25, 0.3) is 0 Å². The quantitative estimate of drug-likeness (QED) is 0.509. The molecule has 0 saturated carbocycles. The topological polar surface area (TPSA) is 44.8 Å². The molecule has 5 heteroatoms. The maximum Gasteiger partial charge on any atom is 0.239 e. The summed E-state index contributed by atoms with van der Waals surface area (Å²) in [7, 11) is -1.93. The monoisotopic (exact) mass is 298 g/mol. The van der Waals surface area contributed by atoms with Gasteiger partial charge >= 0.3 is 0 Å².